The Hall–Kier alpha value is -0.620. The van der Waals surface area contributed by atoms with Gasteiger partial charge in [-0.2, -0.15) is 0 Å². The zero-order valence-corrected chi connectivity index (χ0v) is 12.6. The number of piperidine rings is 1. The molecule has 0 spiro atoms. The highest BCUT2D eigenvalue weighted by molar-refractivity contribution is 7.92. The Morgan fingerprint density at radius 3 is 2.42 bits per heavy atom. The van der Waals surface area contributed by atoms with Gasteiger partial charge in [0.25, 0.3) is 0 Å². The highest BCUT2D eigenvalue weighted by Gasteiger charge is 2.39. The minimum absolute atomic E-state index is 0.0716. The van der Waals surface area contributed by atoms with Crippen LogP contribution >= 0.6 is 0 Å². The average molecular weight is 288 g/mol. The van der Waals surface area contributed by atoms with Gasteiger partial charge in [0.2, 0.25) is 5.91 Å². The molecule has 2 fully saturated rings. The SMILES string of the molecule is CNC1(C)CCN(C(=O)C2CCCCS2(=O)=O)CC1. The molecule has 1 amide bonds. The monoisotopic (exact) mass is 288 g/mol. The first-order valence-corrected chi connectivity index (χ1v) is 8.79. The lowest BCUT2D eigenvalue weighted by atomic mass is 9.89. The lowest BCUT2D eigenvalue weighted by Gasteiger charge is -2.40. The first-order chi connectivity index (χ1) is 8.88. The molecule has 2 rings (SSSR count). The van der Waals surface area contributed by atoms with E-state index in [9.17, 15) is 13.2 Å². The van der Waals surface area contributed by atoms with Crippen molar-refractivity contribution >= 4 is 15.7 Å². The summed E-state index contributed by atoms with van der Waals surface area (Å²) in [5.74, 6) is 0.00345. The van der Waals surface area contributed by atoms with E-state index in [2.05, 4.69) is 12.2 Å². The van der Waals surface area contributed by atoms with Gasteiger partial charge >= 0.3 is 0 Å². The van der Waals surface area contributed by atoms with Crippen LogP contribution in [0.3, 0.4) is 0 Å². The molecule has 5 nitrogen and oxygen atoms in total. The lowest BCUT2D eigenvalue weighted by molar-refractivity contribution is -0.132. The molecule has 0 radical (unpaired) electrons. The normalized spacial score (nSPS) is 30.0. The summed E-state index contributed by atoms with van der Waals surface area (Å²) in [5.41, 5.74) is 0.0716. The van der Waals surface area contributed by atoms with Crippen molar-refractivity contribution in [2.45, 2.75) is 49.8 Å². The molecule has 2 aliphatic rings. The zero-order chi connectivity index (χ0) is 14.1. The summed E-state index contributed by atoms with van der Waals surface area (Å²) in [6, 6.07) is 0. The maximum Gasteiger partial charge on any atom is 0.240 e. The summed E-state index contributed by atoms with van der Waals surface area (Å²) < 4.78 is 24.0. The number of amides is 1. The topological polar surface area (TPSA) is 66.5 Å². The van der Waals surface area contributed by atoms with Crippen LogP contribution in [0.1, 0.15) is 39.0 Å². The number of rotatable bonds is 2. The molecule has 2 heterocycles. The highest BCUT2D eigenvalue weighted by Crippen LogP contribution is 2.26. The second-order valence-electron chi connectivity index (χ2n) is 5.99. The molecule has 0 bridgehead atoms. The number of sulfone groups is 1. The number of carbonyl (C=O) groups is 1. The summed E-state index contributed by atoms with van der Waals surface area (Å²) in [4.78, 5) is 14.1. The van der Waals surface area contributed by atoms with E-state index in [-0.39, 0.29) is 17.2 Å². The van der Waals surface area contributed by atoms with Crippen molar-refractivity contribution in [3.05, 3.63) is 0 Å². The van der Waals surface area contributed by atoms with E-state index in [0.29, 0.717) is 25.9 Å². The molecule has 0 aromatic rings. The van der Waals surface area contributed by atoms with Crippen LogP contribution in [0, 0.1) is 0 Å². The smallest absolute Gasteiger partial charge is 0.240 e. The van der Waals surface area contributed by atoms with Gasteiger partial charge in [-0.1, -0.05) is 6.42 Å². The van der Waals surface area contributed by atoms with Gasteiger partial charge in [-0.25, -0.2) is 8.42 Å². The number of hydrogen-bond acceptors (Lipinski definition) is 4. The number of nitrogens with one attached hydrogen (secondary N) is 1. The van der Waals surface area contributed by atoms with Gasteiger partial charge < -0.3 is 10.2 Å². The maximum absolute atomic E-state index is 12.4. The first-order valence-electron chi connectivity index (χ1n) is 7.07. The fraction of sp³-hybridized carbons (Fsp3) is 0.923. The van der Waals surface area contributed by atoms with Gasteiger partial charge in [-0.3, -0.25) is 4.79 Å². The molecule has 6 heteroatoms. The average Bonchev–Trinajstić information content (AvgIpc) is 2.38. The molecule has 0 aromatic heterocycles. The van der Waals surface area contributed by atoms with E-state index in [1.807, 2.05) is 7.05 Å². The predicted octanol–water partition coefficient (Wildman–Crippen LogP) is 0.554. The van der Waals surface area contributed by atoms with Gasteiger partial charge in [0, 0.05) is 18.6 Å². The maximum atomic E-state index is 12.4. The van der Waals surface area contributed by atoms with E-state index < -0.39 is 15.1 Å². The van der Waals surface area contributed by atoms with E-state index in [0.717, 1.165) is 19.3 Å². The van der Waals surface area contributed by atoms with Gasteiger partial charge in [0.1, 0.15) is 5.25 Å². The Balaban J connectivity index is 2.01. The molecule has 1 unspecified atom stereocenters. The zero-order valence-electron chi connectivity index (χ0n) is 11.8. The van der Waals surface area contributed by atoms with Gasteiger partial charge in [0.15, 0.2) is 9.84 Å². The van der Waals surface area contributed by atoms with Crippen LogP contribution in [0.5, 0.6) is 0 Å². The van der Waals surface area contributed by atoms with E-state index >= 15 is 0 Å². The van der Waals surface area contributed by atoms with Crippen molar-refractivity contribution in [2.24, 2.45) is 0 Å². The molecule has 2 aliphatic heterocycles. The van der Waals surface area contributed by atoms with Gasteiger partial charge in [-0.05, 0) is 39.7 Å². The summed E-state index contributed by atoms with van der Waals surface area (Å²) in [7, 11) is -1.28. The Morgan fingerprint density at radius 1 is 1.26 bits per heavy atom. The van der Waals surface area contributed by atoms with Crippen LogP contribution in [0.25, 0.3) is 0 Å². The fourth-order valence-electron chi connectivity index (χ4n) is 2.91. The third kappa shape index (κ3) is 3.11. The summed E-state index contributed by atoms with van der Waals surface area (Å²) in [5, 5.41) is 2.50. The minimum Gasteiger partial charge on any atom is -0.341 e. The van der Waals surface area contributed by atoms with E-state index in [1.165, 1.54) is 0 Å². The van der Waals surface area contributed by atoms with Crippen molar-refractivity contribution in [3.63, 3.8) is 0 Å². The minimum atomic E-state index is -3.21. The van der Waals surface area contributed by atoms with Crippen molar-refractivity contribution in [3.8, 4) is 0 Å². The molecule has 110 valence electrons. The fourth-order valence-corrected chi connectivity index (χ4v) is 4.78. The van der Waals surface area contributed by atoms with Crippen LogP contribution in [0.2, 0.25) is 0 Å². The molecule has 1 atom stereocenters. The standard InChI is InChI=1S/C13H24N2O3S/c1-13(14-2)6-8-15(9-7-13)12(16)11-5-3-4-10-19(11,17)18/h11,14H,3-10H2,1-2H3. The number of likely N-dealkylation sites (tertiary alicyclic amines) is 1. The van der Waals surface area contributed by atoms with Gasteiger partial charge in [0.05, 0.1) is 5.75 Å². The molecule has 1 N–H and O–H groups in total. The Kier molecular flexibility index (Phi) is 4.20. The summed E-state index contributed by atoms with van der Waals surface area (Å²) in [6.07, 6.45) is 3.80. The number of nitrogens with zero attached hydrogens (tertiary/aromatic N) is 1. The molecule has 0 saturated carbocycles. The van der Waals surface area contributed by atoms with Crippen LogP contribution in [0.4, 0.5) is 0 Å². The summed E-state index contributed by atoms with van der Waals surface area (Å²) in [6.45, 7) is 3.45. The Labute approximate surface area is 115 Å². The van der Waals surface area contributed by atoms with E-state index in [1.54, 1.807) is 4.90 Å². The molecule has 19 heavy (non-hydrogen) atoms. The first kappa shape index (κ1) is 14.8. The molecule has 0 aliphatic carbocycles. The van der Waals surface area contributed by atoms with Crippen molar-refractivity contribution in [2.75, 3.05) is 25.9 Å². The number of hydrogen-bond donors (Lipinski definition) is 1. The van der Waals surface area contributed by atoms with Crippen molar-refractivity contribution in [1.82, 2.24) is 10.2 Å². The molecule has 2 saturated heterocycles. The Bertz CT molecular complexity index is 439. The predicted molar refractivity (Wildman–Crippen MR) is 74.7 cm³/mol. The molecular formula is C13H24N2O3S. The lowest BCUT2D eigenvalue weighted by Crippen LogP contribution is -2.54. The van der Waals surface area contributed by atoms with E-state index in [4.69, 9.17) is 0 Å². The van der Waals surface area contributed by atoms with Crippen LogP contribution < -0.4 is 5.32 Å². The van der Waals surface area contributed by atoms with Crippen molar-refractivity contribution in [1.29, 1.82) is 0 Å². The molecule has 0 aromatic carbocycles. The Morgan fingerprint density at radius 2 is 1.89 bits per heavy atom. The van der Waals surface area contributed by atoms with Crippen LogP contribution in [-0.2, 0) is 14.6 Å². The highest BCUT2D eigenvalue weighted by atomic mass is 32.2. The molecular weight excluding hydrogens is 264 g/mol. The third-order valence-corrected chi connectivity index (χ3v) is 6.80. The third-order valence-electron chi connectivity index (χ3n) is 4.64. The number of carbonyl (C=O) groups excluding carboxylic acids is 1. The second-order valence-corrected chi connectivity index (χ2v) is 8.29. The largest absolute Gasteiger partial charge is 0.341 e. The van der Waals surface area contributed by atoms with Crippen LogP contribution in [0.15, 0.2) is 0 Å². The van der Waals surface area contributed by atoms with Crippen LogP contribution in [-0.4, -0.2) is 55.9 Å². The van der Waals surface area contributed by atoms with Crippen molar-refractivity contribution < 1.29 is 13.2 Å². The summed E-state index contributed by atoms with van der Waals surface area (Å²) >= 11 is 0. The van der Waals surface area contributed by atoms with Gasteiger partial charge in [-0.15, -0.1) is 0 Å². The quantitative estimate of drug-likeness (QED) is 0.806. The second kappa shape index (κ2) is 5.40.